The first-order chi connectivity index (χ1) is 5.78. The van der Waals surface area contributed by atoms with Gasteiger partial charge in [-0.15, -0.1) is 0 Å². The first-order valence-corrected chi connectivity index (χ1v) is 3.17. The summed E-state index contributed by atoms with van der Waals surface area (Å²) < 4.78 is 0. The van der Waals surface area contributed by atoms with Crippen LogP contribution in [0.3, 0.4) is 0 Å². The molecule has 0 aromatic rings. The second-order valence-corrected chi connectivity index (χ2v) is 2.48. The van der Waals surface area contributed by atoms with Gasteiger partial charge in [0.05, 0.1) is 12.8 Å². The van der Waals surface area contributed by atoms with Gasteiger partial charge in [0.2, 0.25) is 0 Å². The summed E-state index contributed by atoms with van der Waals surface area (Å²) >= 11 is 0. The topological polar surface area (TPSA) is 195 Å². The van der Waals surface area contributed by atoms with Crippen LogP contribution in [0.15, 0.2) is 0 Å². The molecule has 1 radical (unpaired) electrons. The van der Waals surface area contributed by atoms with E-state index in [4.69, 9.17) is 20.4 Å². The zero-order chi connectivity index (χ0) is 10.6. The van der Waals surface area contributed by atoms with E-state index in [1.807, 2.05) is 0 Å². The van der Waals surface area contributed by atoms with E-state index in [1.54, 1.807) is 0 Å². The molecule has 0 fully saturated rings. The van der Waals surface area contributed by atoms with Crippen molar-refractivity contribution in [2.75, 3.05) is 0 Å². The van der Waals surface area contributed by atoms with Crippen molar-refractivity contribution in [3.05, 3.63) is 0 Å². The minimum absolute atomic E-state index is 0. The summed E-state index contributed by atoms with van der Waals surface area (Å²) in [5.74, 6) is -5.02. The molecule has 0 amide bonds. The Balaban J connectivity index is -0.000000240. The molecule has 0 aromatic carbocycles. The van der Waals surface area contributed by atoms with Crippen molar-refractivity contribution in [3.63, 3.8) is 0 Å². The molecule has 0 aliphatic heterocycles. The van der Waals surface area contributed by atoms with Gasteiger partial charge in [0.1, 0.15) is 0 Å². The molecular weight excluding hydrogens is 305 g/mol. The summed E-state index contributed by atoms with van der Waals surface area (Å²) in [6.07, 6.45) is -2.29. The summed E-state index contributed by atoms with van der Waals surface area (Å²) in [4.78, 5) is 30.5. The maximum atomic E-state index is 10.3. The molecule has 16 heavy (non-hydrogen) atoms. The van der Waals surface area contributed by atoms with Crippen LogP contribution in [0.2, 0.25) is 0 Å². The largest absolute Gasteiger partial charge is 0.481 e. The van der Waals surface area contributed by atoms with Crippen molar-refractivity contribution in [2.24, 2.45) is 0 Å². The fraction of sp³-hybridized carbons (Fsp3) is 0.500. The number of rotatable bonds is 5. The van der Waals surface area contributed by atoms with Crippen LogP contribution < -0.4 is 0 Å². The maximum Gasteiger partial charge on any atom is 0.336 e. The summed E-state index contributed by atoms with van der Waals surface area (Å²) in [5, 5.41) is 33.8. The normalized spacial score (nSPS) is 8.81. The standard InChI is InChI=1S/C6H8O7.2H2O.Y/c7-3(8)1-6(13,5(11)12)2-4(9)10;;;/h13H,1-2H2,(H,7,8)(H,9,10)(H,11,12);2*1H2;. The second kappa shape index (κ2) is 9.61. The summed E-state index contributed by atoms with van der Waals surface area (Å²) in [6.45, 7) is 0. The molecule has 9 nitrogen and oxygen atoms in total. The Kier molecular flexibility index (Phi) is 14.8. The summed E-state index contributed by atoms with van der Waals surface area (Å²) in [6, 6.07) is 0. The van der Waals surface area contributed by atoms with Crippen LogP contribution in [0.5, 0.6) is 0 Å². The number of aliphatic carboxylic acids is 3. The van der Waals surface area contributed by atoms with E-state index >= 15 is 0 Å². The predicted molar refractivity (Wildman–Crippen MR) is 44.3 cm³/mol. The molecule has 0 saturated heterocycles. The van der Waals surface area contributed by atoms with E-state index in [9.17, 15) is 14.4 Å². The van der Waals surface area contributed by atoms with Gasteiger partial charge in [-0.3, -0.25) is 9.59 Å². The second-order valence-electron chi connectivity index (χ2n) is 2.48. The quantitative estimate of drug-likeness (QED) is 0.417. The Bertz CT molecular complexity index is 234. The third-order valence-electron chi connectivity index (χ3n) is 1.29. The predicted octanol–water partition coefficient (Wildman–Crippen LogP) is -2.90. The number of carboxylic acids is 3. The van der Waals surface area contributed by atoms with Crippen LogP contribution >= 0.6 is 0 Å². The molecule has 10 heteroatoms. The molecule has 0 saturated carbocycles. The van der Waals surface area contributed by atoms with Crippen LogP contribution in [0.4, 0.5) is 0 Å². The molecule has 0 heterocycles. The molecule has 0 spiro atoms. The minimum Gasteiger partial charge on any atom is -0.481 e. The first kappa shape index (κ1) is 24.6. The molecule has 0 rings (SSSR count). The van der Waals surface area contributed by atoms with E-state index < -0.39 is 36.4 Å². The molecule has 93 valence electrons. The van der Waals surface area contributed by atoms with Gasteiger partial charge in [-0.05, 0) is 0 Å². The monoisotopic (exact) mass is 317 g/mol. The first-order valence-electron chi connectivity index (χ1n) is 3.17. The third kappa shape index (κ3) is 8.68. The van der Waals surface area contributed by atoms with Gasteiger partial charge in [0, 0.05) is 32.7 Å². The molecule has 0 atom stereocenters. The molecular formula is C6H12O9Y. The van der Waals surface area contributed by atoms with E-state index in [1.165, 1.54) is 0 Å². The minimum atomic E-state index is -2.74. The van der Waals surface area contributed by atoms with Crippen LogP contribution in [0, 0.1) is 0 Å². The van der Waals surface area contributed by atoms with Crippen molar-refractivity contribution in [3.8, 4) is 0 Å². The fourth-order valence-electron chi connectivity index (χ4n) is 0.714. The van der Waals surface area contributed by atoms with Gasteiger partial charge in [-0.1, -0.05) is 0 Å². The third-order valence-corrected chi connectivity index (χ3v) is 1.29. The SMILES string of the molecule is O.O.O=C(O)CC(O)(CC(=O)O)C(=O)O.[Y]. The van der Waals surface area contributed by atoms with Crippen molar-refractivity contribution in [1.29, 1.82) is 0 Å². The Morgan fingerprint density at radius 1 is 0.875 bits per heavy atom. The molecule has 0 bridgehead atoms. The van der Waals surface area contributed by atoms with Gasteiger partial charge in [-0.25, -0.2) is 4.79 Å². The molecule has 0 aliphatic rings. The Morgan fingerprint density at radius 2 is 1.12 bits per heavy atom. The zero-order valence-electron chi connectivity index (χ0n) is 8.01. The molecule has 0 aliphatic carbocycles. The van der Waals surface area contributed by atoms with E-state index in [2.05, 4.69) is 0 Å². The van der Waals surface area contributed by atoms with E-state index in [-0.39, 0.29) is 43.7 Å². The fourth-order valence-corrected chi connectivity index (χ4v) is 0.714. The maximum absolute atomic E-state index is 10.3. The van der Waals surface area contributed by atoms with Crippen molar-refractivity contribution >= 4 is 17.9 Å². The zero-order valence-corrected chi connectivity index (χ0v) is 10.8. The van der Waals surface area contributed by atoms with Gasteiger partial charge < -0.3 is 31.4 Å². The number of carbonyl (C=O) groups is 3. The number of carboxylic acid groups (broad SMARTS) is 3. The summed E-state index contributed by atoms with van der Waals surface area (Å²) in [7, 11) is 0. The van der Waals surface area contributed by atoms with Gasteiger partial charge >= 0.3 is 17.9 Å². The Morgan fingerprint density at radius 3 is 1.25 bits per heavy atom. The van der Waals surface area contributed by atoms with Crippen LogP contribution in [-0.4, -0.2) is 54.9 Å². The smallest absolute Gasteiger partial charge is 0.336 e. The van der Waals surface area contributed by atoms with Crippen molar-refractivity contribution < 1.29 is 78.5 Å². The average Bonchev–Trinajstić information content (AvgIpc) is 1.82. The van der Waals surface area contributed by atoms with Crippen molar-refractivity contribution in [2.45, 2.75) is 18.4 Å². The molecule has 0 aromatic heterocycles. The van der Waals surface area contributed by atoms with Crippen molar-refractivity contribution in [1.82, 2.24) is 0 Å². The summed E-state index contributed by atoms with van der Waals surface area (Å²) in [5.41, 5.74) is -2.74. The van der Waals surface area contributed by atoms with Gasteiger partial charge in [0.15, 0.2) is 5.60 Å². The van der Waals surface area contributed by atoms with E-state index in [0.717, 1.165) is 0 Å². The van der Waals surface area contributed by atoms with Crippen LogP contribution in [0.25, 0.3) is 0 Å². The Labute approximate surface area is 115 Å². The average molecular weight is 317 g/mol. The van der Waals surface area contributed by atoms with Gasteiger partial charge in [-0.2, -0.15) is 0 Å². The number of hydrogen-bond donors (Lipinski definition) is 4. The molecule has 8 N–H and O–H groups in total. The Hall–Kier alpha value is -0.606. The number of aliphatic hydroxyl groups is 1. The van der Waals surface area contributed by atoms with Crippen LogP contribution in [0.1, 0.15) is 12.8 Å². The number of hydrogen-bond acceptors (Lipinski definition) is 4. The van der Waals surface area contributed by atoms with E-state index in [0.29, 0.717) is 0 Å². The van der Waals surface area contributed by atoms with Gasteiger partial charge in [0.25, 0.3) is 0 Å². The van der Waals surface area contributed by atoms with Crippen LogP contribution in [-0.2, 0) is 47.1 Å². The molecule has 0 unspecified atom stereocenters.